The smallest absolute Gasteiger partial charge is 0.348 e. The maximum atomic E-state index is 12.2. The monoisotopic (exact) mass is 456 g/mol. The van der Waals surface area contributed by atoms with E-state index in [0.29, 0.717) is 21.2 Å². The van der Waals surface area contributed by atoms with E-state index in [1.165, 1.54) is 14.2 Å². The van der Waals surface area contributed by atoms with Crippen LogP contribution in [0.15, 0.2) is 54.6 Å². The van der Waals surface area contributed by atoms with Gasteiger partial charge in [0.2, 0.25) is 0 Å². The lowest BCUT2D eigenvalue weighted by Gasteiger charge is -2.11. The number of esters is 2. The molecule has 0 fully saturated rings. The largest absolute Gasteiger partial charge is 0.465 e. The van der Waals surface area contributed by atoms with Crippen molar-refractivity contribution in [2.75, 3.05) is 24.9 Å². The number of hydrogen-bond donors (Lipinski definition) is 2. The molecule has 0 bridgehead atoms. The van der Waals surface area contributed by atoms with Crippen molar-refractivity contribution in [1.82, 2.24) is 0 Å². The Kier molecular flexibility index (Phi) is 7.22. The third-order valence-electron chi connectivity index (χ3n) is 4.23. The first-order chi connectivity index (χ1) is 14.9. The molecule has 0 saturated carbocycles. The van der Waals surface area contributed by atoms with Crippen LogP contribution in [0, 0.1) is 6.92 Å². The topological polar surface area (TPSA) is 85.9 Å². The van der Waals surface area contributed by atoms with E-state index in [1.807, 2.05) is 54.6 Å². The zero-order valence-electron chi connectivity index (χ0n) is 17.1. The molecule has 7 nitrogen and oxygen atoms in total. The zero-order chi connectivity index (χ0) is 22.4. The number of anilines is 2. The summed E-state index contributed by atoms with van der Waals surface area (Å²) >= 11 is 6.44. The first-order valence-electron chi connectivity index (χ1n) is 9.14. The average molecular weight is 457 g/mol. The number of hydrogen-bond acceptors (Lipinski definition) is 7. The second-order valence-corrected chi connectivity index (χ2v) is 7.69. The van der Waals surface area contributed by atoms with E-state index in [2.05, 4.69) is 10.6 Å². The number of methoxy groups -OCH3 is 2. The lowest BCUT2D eigenvalue weighted by atomic mass is 10.1. The molecule has 31 heavy (non-hydrogen) atoms. The number of benzene rings is 2. The van der Waals surface area contributed by atoms with E-state index in [9.17, 15) is 9.59 Å². The highest BCUT2D eigenvalue weighted by atomic mass is 32.1. The van der Waals surface area contributed by atoms with Crippen LogP contribution in [0.1, 0.15) is 25.6 Å². The molecule has 3 rings (SSSR count). The van der Waals surface area contributed by atoms with Crippen LogP contribution in [-0.4, -0.2) is 31.3 Å². The summed E-state index contributed by atoms with van der Waals surface area (Å²) in [5.41, 5.74) is 1.43. The molecule has 3 aromatic rings. The lowest BCUT2D eigenvalue weighted by molar-refractivity contribution is 0.0601. The fourth-order valence-electron chi connectivity index (χ4n) is 2.73. The Bertz CT molecular complexity index is 1100. The second-order valence-electron chi connectivity index (χ2n) is 6.26. The van der Waals surface area contributed by atoms with Crippen LogP contribution in [-0.2, 0) is 9.47 Å². The quantitative estimate of drug-likeness (QED) is 0.385. The standard InChI is InChI=1S/C22H20N2O5S2/c1-13-17(20(25)27-2)19(31-18(13)21(26)28-3)24-22(30)23-14-9-11-16(12-10-14)29-15-7-5-4-6-8-15/h4-12H,1-3H3,(H2,23,24,30). The van der Waals surface area contributed by atoms with Gasteiger partial charge in [0.25, 0.3) is 0 Å². The van der Waals surface area contributed by atoms with Gasteiger partial charge in [0.1, 0.15) is 21.4 Å². The van der Waals surface area contributed by atoms with Gasteiger partial charge in [-0.25, -0.2) is 9.59 Å². The van der Waals surface area contributed by atoms with Crippen LogP contribution in [0.3, 0.4) is 0 Å². The molecule has 0 saturated heterocycles. The van der Waals surface area contributed by atoms with Gasteiger partial charge in [0, 0.05) is 5.69 Å². The molecule has 0 unspecified atom stereocenters. The van der Waals surface area contributed by atoms with E-state index in [0.717, 1.165) is 22.8 Å². The van der Waals surface area contributed by atoms with E-state index < -0.39 is 11.9 Å². The molecule has 0 radical (unpaired) electrons. The Hall–Kier alpha value is -3.43. The first kappa shape index (κ1) is 22.3. The van der Waals surface area contributed by atoms with Crippen molar-refractivity contribution in [3.63, 3.8) is 0 Å². The number of ether oxygens (including phenoxy) is 3. The minimum atomic E-state index is -0.573. The Labute approximate surface area is 188 Å². The maximum absolute atomic E-state index is 12.2. The van der Waals surface area contributed by atoms with Gasteiger partial charge in [0.15, 0.2) is 5.11 Å². The van der Waals surface area contributed by atoms with Crippen LogP contribution in [0.5, 0.6) is 11.5 Å². The molecule has 1 heterocycles. The molecule has 9 heteroatoms. The second kappa shape index (κ2) is 10.1. The van der Waals surface area contributed by atoms with Gasteiger partial charge in [-0.2, -0.15) is 0 Å². The van der Waals surface area contributed by atoms with Crippen LogP contribution < -0.4 is 15.4 Å². The van der Waals surface area contributed by atoms with Crippen LogP contribution in [0.4, 0.5) is 10.7 Å². The summed E-state index contributed by atoms with van der Waals surface area (Å²) in [4.78, 5) is 24.5. The number of nitrogens with one attached hydrogen (secondary N) is 2. The normalized spacial score (nSPS) is 10.2. The van der Waals surface area contributed by atoms with Gasteiger partial charge in [-0.3, -0.25) is 0 Å². The molecule has 0 spiro atoms. The number of carbonyl (C=O) groups is 2. The third kappa shape index (κ3) is 5.39. The average Bonchev–Trinajstić information content (AvgIpc) is 3.10. The fourth-order valence-corrected chi connectivity index (χ4v) is 4.14. The van der Waals surface area contributed by atoms with E-state index in [4.69, 9.17) is 26.4 Å². The third-order valence-corrected chi connectivity index (χ3v) is 5.62. The van der Waals surface area contributed by atoms with Crippen molar-refractivity contribution in [1.29, 1.82) is 0 Å². The lowest BCUT2D eigenvalue weighted by Crippen LogP contribution is -2.20. The summed E-state index contributed by atoms with van der Waals surface area (Å²) in [5.74, 6) is 0.315. The highest BCUT2D eigenvalue weighted by Gasteiger charge is 2.26. The highest BCUT2D eigenvalue weighted by Crippen LogP contribution is 2.34. The maximum Gasteiger partial charge on any atom is 0.348 e. The van der Waals surface area contributed by atoms with Crippen LogP contribution in [0.2, 0.25) is 0 Å². The van der Waals surface area contributed by atoms with E-state index in [1.54, 1.807) is 6.92 Å². The number of rotatable bonds is 6. The predicted molar refractivity (Wildman–Crippen MR) is 125 cm³/mol. The molecular formula is C22H20N2O5S2. The zero-order valence-corrected chi connectivity index (χ0v) is 18.7. The van der Waals surface area contributed by atoms with Crippen molar-refractivity contribution in [2.24, 2.45) is 0 Å². The molecule has 0 amide bonds. The summed E-state index contributed by atoms with van der Waals surface area (Å²) in [7, 11) is 2.56. The van der Waals surface area contributed by atoms with Crippen LogP contribution in [0.25, 0.3) is 0 Å². The summed E-state index contributed by atoms with van der Waals surface area (Å²) in [5, 5.41) is 6.65. The number of para-hydroxylation sites is 1. The Balaban J connectivity index is 1.71. The minimum absolute atomic E-state index is 0.239. The Morgan fingerprint density at radius 2 is 1.48 bits per heavy atom. The Morgan fingerprint density at radius 1 is 0.871 bits per heavy atom. The van der Waals surface area contributed by atoms with Crippen molar-refractivity contribution in [2.45, 2.75) is 6.92 Å². The molecule has 0 aliphatic carbocycles. The molecule has 160 valence electrons. The van der Waals surface area contributed by atoms with Crippen molar-refractivity contribution < 1.29 is 23.8 Å². The minimum Gasteiger partial charge on any atom is -0.465 e. The van der Waals surface area contributed by atoms with Gasteiger partial charge in [-0.15, -0.1) is 11.3 Å². The first-order valence-corrected chi connectivity index (χ1v) is 10.4. The molecule has 2 aromatic carbocycles. The summed E-state index contributed by atoms with van der Waals surface area (Å²) in [6.07, 6.45) is 0. The van der Waals surface area contributed by atoms with Gasteiger partial charge in [-0.1, -0.05) is 18.2 Å². The number of thiocarbonyl (C=S) groups is 1. The van der Waals surface area contributed by atoms with E-state index >= 15 is 0 Å². The van der Waals surface area contributed by atoms with Gasteiger partial charge >= 0.3 is 11.9 Å². The summed E-state index contributed by atoms with van der Waals surface area (Å²) in [6.45, 7) is 1.65. The molecule has 0 aliphatic heterocycles. The van der Waals surface area contributed by atoms with Gasteiger partial charge in [0.05, 0.1) is 19.8 Å². The highest BCUT2D eigenvalue weighted by molar-refractivity contribution is 7.80. The Morgan fingerprint density at radius 3 is 2.10 bits per heavy atom. The SMILES string of the molecule is COC(=O)c1sc(NC(=S)Nc2ccc(Oc3ccccc3)cc2)c(C(=O)OC)c1C. The molecule has 2 N–H and O–H groups in total. The summed E-state index contributed by atoms with van der Waals surface area (Å²) in [6, 6.07) is 16.7. The molecule has 0 atom stereocenters. The van der Waals surface area contributed by atoms with Crippen molar-refractivity contribution in [3.8, 4) is 11.5 Å². The fraction of sp³-hybridized carbons (Fsp3) is 0.136. The summed E-state index contributed by atoms with van der Waals surface area (Å²) < 4.78 is 15.4. The van der Waals surface area contributed by atoms with E-state index in [-0.39, 0.29) is 10.7 Å². The van der Waals surface area contributed by atoms with Crippen molar-refractivity contribution in [3.05, 3.63) is 70.6 Å². The number of carbonyl (C=O) groups excluding carboxylic acids is 2. The predicted octanol–water partition coefficient (Wildman–Crippen LogP) is 5.23. The van der Waals surface area contributed by atoms with Gasteiger partial charge < -0.3 is 24.8 Å². The van der Waals surface area contributed by atoms with Crippen molar-refractivity contribution >= 4 is 51.3 Å². The van der Waals surface area contributed by atoms with Gasteiger partial charge in [-0.05, 0) is 61.1 Å². The molecular weight excluding hydrogens is 436 g/mol. The molecule has 0 aliphatic rings. The van der Waals surface area contributed by atoms with Crippen LogP contribution >= 0.6 is 23.6 Å². The molecule has 1 aromatic heterocycles. The number of thiophene rings is 1.